The van der Waals surface area contributed by atoms with Crippen molar-refractivity contribution >= 4 is 5.97 Å². The van der Waals surface area contributed by atoms with Gasteiger partial charge in [-0.05, 0) is 18.4 Å². The molecule has 1 aromatic heterocycles. The van der Waals surface area contributed by atoms with Gasteiger partial charge in [0.15, 0.2) is 11.6 Å². The minimum absolute atomic E-state index is 0.123. The molecule has 5 nitrogen and oxygen atoms in total. The number of esters is 1. The maximum atomic E-state index is 11.2. The molecule has 1 unspecified atom stereocenters. The van der Waals surface area contributed by atoms with E-state index < -0.39 is 12.1 Å². The van der Waals surface area contributed by atoms with Crippen LogP contribution in [-0.2, 0) is 17.6 Å². The highest BCUT2D eigenvalue weighted by Gasteiger charge is 2.15. The summed E-state index contributed by atoms with van der Waals surface area (Å²) in [4.78, 5) is 15.2. The molecule has 0 fully saturated rings. The second-order valence-electron chi connectivity index (χ2n) is 4.50. The Morgan fingerprint density at radius 2 is 2.15 bits per heavy atom. The van der Waals surface area contributed by atoms with Gasteiger partial charge in [0.2, 0.25) is 0 Å². The lowest BCUT2D eigenvalue weighted by Gasteiger charge is -2.07. The molecule has 5 heteroatoms. The van der Waals surface area contributed by atoms with Gasteiger partial charge in [-0.2, -0.15) is 0 Å². The van der Waals surface area contributed by atoms with Gasteiger partial charge in [0, 0.05) is 0 Å². The van der Waals surface area contributed by atoms with Gasteiger partial charge in [-0.15, -0.1) is 0 Å². The monoisotopic (exact) mass is 275 g/mol. The highest BCUT2D eigenvalue weighted by Crippen LogP contribution is 2.10. The van der Waals surface area contributed by atoms with Crippen molar-refractivity contribution in [3.05, 3.63) is 53.7 Å². The van der Waals surface area contributed by atoms with E-state index in [0.717, 1.165) is 6.42 Å². The summed E-state index contributed by atoms with van der Waals surface area (Å²) in [6.45, 7) is 0. The van der Waals surface area contributed by atoms with E-state index in [9.17, 15) is 9.90 Å². The first-order chi connectivity index (χ1) is 9.69. The average molecular weight is 275 g/mol. The molecule has 0 saturated heterocycles. The predicted octanol–water partition coefficient (Wildman–Crippen LogP) is 2.00. The molecular weight excluding hydrogens is 258 g/mol. The number of oxazole rings is 1. The van der Waals surface area contributed by atoms with Crippen LogP contribution in [0, 0.1) is 0 Å². The van der Waals surface area contributed by atoms with Crippen molar-refractivity contribution in [3.63, 3.8) is 0 Å². The summed E-state index contributed by atoms with van der Waals surface area (Å²) in [6, 6.07) is 9.94. The zero-order chi connectivity index (χ0) is 14.4. The number of carbonyl (C=O) groups excluding carboxylic acids is 1. The molecule has 0 saturated carbocycles. The van der Waals surface area contributed by atoms with E-state index in [2.05, 4.69) is 9.72 Å². The third-order valence-electron chi connectivity index (χ3n) is 2.97. The van der Waals surface area contributed by atoms with Crippen LogP contribution < -0.4 is 0 Å². The predicted molar refractivity (Wildman–Crippen MR) is 72.3 cm³/mol. The van der Waals surface area contributed by atoms with Crippen LogP contribution in [0.3, 0.4) is 0 Å². The van der Waals surface area contributed by atoms with Crippen LogP contribution in [0.2, 0.25) is 0 Å². The third-order valence-corrected chi connectivity index (χ3v) is 2.97. The lowest BCUT2D eigenvalue weighted by Crippen LogP contribution is -2.12. The van der Waals surface area contributed by atoms with Gasteiger partial charge >= 0.3 is 5.97 Å². The topological polar surface area (TPSA) is 72.6 Å². The molecule has 0 aliphatic carbocycles. The fourth-order valence-electron chi connectivity index (χ4n) is 1.88. The lowest BCUT2D eigenvalue weighted by molar-refractivity contribution is 0.0593. The smallest absolute Gasteiger partial charge is 0.360 e. The molecule has 1 atom stereocenters. The minimum Gasteiger partial charge on any atom is -0.464 e. The van der Waals surface area contributed by atoms with Crippen LogP contribution in [0.5, 0.6) is 0 Å². The Balaban J connectivity index is 1.83. The van der Waals surface area contributed by atoms with Gasteiger partial charge in [-0.3, -0.25) is 0 Å². The fraction of sp³-hybridized carbons (Fsp3) is 0.333. The van der Waals surface area contributed by atoms with Crippen LogP contribution in [-0.4, -0.2) is 29.3 Å². The molecule has 0 radical (unpaired) electrons. The normalized spacial score (nSPS) is 12.1. The standard InChI is InChI=1S/C15H17NO4/c1-19-15(18)13-10-20-14(16-13)9-12(17)8-7-11-5-3-2-4-6-11/h2-6,10,12,17H,7-9H2,1H3. The second kappa shape index (κ2) is 6.86. The molecule has 0 amide bonds. The van der Waals surface area contributed by atoms with E-state index in [1.807, 2.05) is 30.3 Å². The Hall–Kier alpha value is -2.14. The number of aromatic nitrogens is 1. The molecule has 0 spiro atoms. The van der Waals surface area contributed by atoms with Crippen LogP contribution in [0.4, 0.5) is 0 Å². The number of rotatable bonds is 6. The second-order valence-corrected chi connectivity index (χ2v) is 4.50. The number of aliphatic hydroxyl groups is 1. The third kappa shape index (κ3) is 3.93. The maximum Gasteiger partial charge on any atom is 0.360 e. The van der Waals surface area contributed by atoms with Crippen molar-refractivity contribution in [1.29, 1.82) is 0 Å². The van der Waals surface area contributed by atoms with Crippen molar-refractivity contribution in [1.82, 2.24) is 4.98 Å². The molecular formula is C15H17NO4. The van der Waals surface area contributed by atoms with Gasteiger partial charge in [-0.1, -0.05) is 30.3 Å². The molecule has 2 rings (SSSR count). The van der Waals surface area contributed by atoms with Crippen molar-refractivity contribution in [2.24, 2.45) is 0 Å². The first-order valence-electron chi connectivity index (χ1n) is 6.43. The molecule has 0 aliphatic heterocycles. The molecule has 106 valence electrons. The van der Waals surface area contributed by atoms with Crippen LogP contribution in [0.15, 0.2) is 41.0 Å². The number of nitrogens with zero attached hydrogens (tertiary/aromatic N) is 1. The van der Waals surface area contributed by atoms with Crippen LogP contribution in [0.1, 0.15) is 28.4 Å². The zero-order valence-corrected chi connectivity index (χ0v) is 11.3. The highest BCUT2D eigenvalue weighted by atomic mass is 16.5. The molecule has 2 aromatic rings. The Morgan fingerprint density at radius 3 is 2.85 bits per heavy atom. The fourth-order valence-corrected chi connectivity index (χ4v) is 1.88. The maximum absolute atomic E-state index is 11.2. The van der Waals surface area contributed by atoms with Crippen molar-refractivity contribution in [2.45, 2.75) is 25.4 Å². The Morgan fingerprint density at radius 1 is 1.40 bits per heavy atom. The summed E-state index contributed by atoms with van der Waals surface area (Å²) >= 11 is 0. The van der Waals surface area contributed by atoms with E-state index in [4.69, 9.17) is 4.42 Å². The molecule has 0 aliphatic rings. The highest BCUT2D eigenvalue weighted by molar-refractivity contribution is 5.86. The Labute approximate surface area is 117 Å². The van der Waals surface area contributed by atoms with Crippen molar-refractivity contribution < 1.29 is 19.1 Å². The summed E-state index contributed by atoms with van der Waals surface area (Å²) in [6.07, 6.45) is 2.36. The Kier molecular flexibility index (Phi) is 4.90. The van der Waals surface area contributed by atoms with Crippen molar-refractivity contribution in [3.8, 4) is 0 Å². The molecule has 20 heavy (non-hydrogen) atoms. The van der Waals surface area contributed by atoms with Gasteiger partial charge in [0.1, 0.15) is 6.26 Å². The minimum atomic E-state index is -0.556. The zero-order valence-electron chi connectivity index (χ0n) is 11.3. The SMILES string of the molecule is COC(=O)c1coc(CC(O)CCc2ccccc2)n1. The van der Waals surface area contributed by atoms with E-state index in [0.29, 0.717) is 12.3 Å². The van der Waals surface area contributed by atoms with Crippen LogP contribution in [0.25, 0.3) is 0 Å². The molecule has 1 N–H and O–H groups in total. The van der Waals surface area contributed by atoms with Gasteiger partial charge in [0.25, 0.3) is 0 Å². The lowest BCUT2D eigenvalue weighted by atomic mass is 10.1. The van der Waals surface area contributed by atoms with Gasteiger partial charge in [-0.25, -0.2) is 9.78 Å². The van der Waals surface area contributed by atoms with E-state index >= 15 is 0 Å². The molecule has 0 bridgehead atoms. The summed E-state index contributed by atoms with van der Waals surface area (Å²) in [7, 11) is 1.28. The number of methoxy groups -OCH3 is 1. The number of aryl methyl sites for hydroxylation is 1. The van der Waals surface area contributed by atoms with E-state index in [1.54, 1.807) is 0 Å². The number of aliphatic hydroxyl groups excluding tert-OH is 1. The van der Waals surface area contributed by atoms with Crippen molar-refractivity contribution in [2.75, 3.05) is 7.11 Å². The first kappa shape index (κ1) is 14.3. The summed E-state index contributed by atoms with van der Waals surface area (Å²) in [5, 5.41) is 9.95. The number of ether oxygens (including phenoxy) is 1. The molecule has 1 heterocycles. The van der Waals surface area contributed by atoms with Gasteiger partial charge < -0.3 is 14.3 Å². The quantitative estimate of drug-likeness (QED) is 0.816. The summed E-state index contributed by atoms with van der Waals surface area (Å²) in [5.41, 5.74) is 1.30. The summed E-state index contributed by atoms with van der Waals surface area (Å²) in [5.74, 6) is -0.204. The van der Waals surface area contributed by atoms with E-state index in [1.165, 1.54) is 18.9 Å². The number of carbonyl (C=O) groups is 1. The van der Waals surface area contributed by atoms with Gasteiger partial charge in [0.05, 0.1) is 19.6 Å². The largest absolute Gasteiger partial charge is 0.464 e. The van der Waals surface area contributed by atoms with Crippen LogP contribution >= 0.6 is 0 Å². The summed E-state index contributed by atoms with van der Waals surface area (Å²) < 4.78 is 9.67. The number of hydrogen-bond acceptors (Lipinski definition) is 5. The first-order valence-corrected chi connectivity index (χ1v) is 6.43. The molecule has 1 aromatic carbocycles. The Bertz CT molecular complexity index is 550. The number of benzene rings is 1. The number of hydrogen-bond donors (Lipinski definition) is 1. The van der Waals surface area contributed by atoms with E-state index in [-0.39, 0.29) is 12.1 Å². The average Bonchev–Trinajstić information content (AvgIpc) is 2.94.